The number of benzene rings is 1. The Morgan fingerprint density at radius 1 is 1.36 bits per heavy atom. The van der Waals surface area contributed by atoms with Crippen molar-refractivity contribution >= 4 is 61.4 Å². The highest BCUT2D eigenvalue weighted by atomic mass is 35.5. The van der Waals surface area contributed by atoms with Crippen molar-refractivity contribution in [2.75, 3.05) is 21.6 Å². The summed E-state index contributed by atoms with van der Waals surface area (Å²) < 4.78 is 26.7. The van der Waals surface area contributed by atoms with E-state index in [0.717, 1.165) is 20.7 Å². The summed E-state index contributed by atoms with van der Waals surface area (Å²) in [6.07, 6.45) is 1.34. The molecule has 0 bridgehead atoms. The van der Waals surface area contributed by atoms with Gasteiger partial charge in [-0.15, -0.1) is 10.2 Å². The molecule has 1 N–H and O–H groups in total. The number of hydrogen-bond acceptors (Lipinski definition) is 7. The molecule has 1 heterocycles. The van der Waals surface area contributed by atoms with Crippen molar-refractivity contribution in [3.05, 3.63) is 29.3 Å². The van der Waals surface area contributed by atoms with Gasteiger partial charge in [0, 0.05) is 10.8 Å². The average Bonchev–Trinajstić information content (AvgIpc) is 3.03. The van der Waals surface area contributed by atoms with Crippen LogP contribution in [-0.4, -0.2) is 42.6 Å². The van der Waals surface area contributed by atoms with E-state index in [0.29, 0.717) is 21.8 Å². The van der Waals surface area contributed by atoms with Gasteiger partial charge >= 0.3 is 0 Å². The van der Waals surface area contributed by atoms with E-state index in [4.69, 9.17) is 11.6 Å². The van der Waals surface area contributed by atoms with Crippen molar-refractivity contribution < 1.29 is 13.2 Å². The highest BCUT2D eigenvalue weighted by Gasteiger charge is 2.32. The van der Waals surface area contributed by atoms with Crippen LogP contribution >= 0.6 is 34.7 Å². The quantitative estimate of drug-likeness (QED) is 0.445. The average molecular weight is 463 g/mol. The van der Waals surface area contributed by atoms with E-state index in [1.807, 2.05) is 0 Å². The lowest BCUT2D eigenvalue weighted by atomic mass is 10.2. The maximum atomic E-state index is 12.8. The lowest BCUT2D eigenvalue weighted by molar-refractivity contribution is -0.117. The predicted molar refractivity (Wildman–Crippen MR) is 117 cm³/mol. The fourth-order valence-corrected chi connectivity index (χ4v) is 5.54. The Balaban J connectivity index is 2.22. The zero-order chi connectivity index (χ0) is 20.9. The lowest BCUT2D eigenvalue weighted by Crippen LogP contribution is -2.47. The number of rotatable bonds is 9. The van der Waals surface area contributed by atoms with Crippen LogP contribution in [0.2, 0.25) is 5.02 Å². The molecule has 0 aliphatic heterocycles. The largest absolute Gasteiger partial charge is 0.299 e. The smallest absolute Gasteiger partial charge is 0.250 e. The minimum absolute atomic E-state index is 0.277. The van der Waals surface area contributed by atoms with E-state index in [-0.39, 0.29) is 6.42 Å². The minimum atomic E-state index is -3.72. The number of nitrogens with one attached hydrogen (secondary N) is 1. The summed E-state index contributed by atoms with van der Waals surface area (Å²) in [5.41, 5.74) is 0.336. The predicted octanol–water partition coefficient (Wildman–Crippen LogP) is 4.12. The molecule has 0 saturated heterocycles. The second kappa shape index (κ2) is 9.91. The number of carbonyl (C=O) groups is 1. The van der Waals surface area contributed by atoms with Crippen LogP contribution in [0.5, 0.6) is 0 Å². The fraction of sp³-hybridized carbons (Fsp3) is 0.471. The first-order chi connectivity index (χ1) is 13.1. The number of thioether (sulfide) groups is 1. The van der Waals surface area contributed by atoms with Gasteiger partial charge in [-0.1, -0.05) is 61.5 Å². The fourth-order valence-electron chi connectivity index (χ4n) is 2.42. The molecule has 7 nitrogen and oxygen atoms in total. The molecule has 11 heteroatoms. The van der Waals surface area contributed by atoms with Crippen molar-refractivity contribution in [1.29, 1.82) is 0 Å². The van der Waals surface area contributed by atoms with E-state index < -0.39 is 22.0 Å². The SMILES string of the molecule is CC[C@@H](C(=O)Nc1nnc(SCC(C)C)s1)N(c1cccc(Cl)c1)S(C)(=O)=O. The van der Waals surface area contributed by atoms with E-state index in [2.05, 4.69) is 29.4 Å². The third kappa shape index (κ3) is 6.33. The normalized spacial score (nSPS) is 12.8. The van der Waals surface area contributed by atoms with E-state index >= 15 is 0 Å². The van der Waals surface area contributed by atoms with Gasteiger partial charge in [-0.3, -0.25) is 14.4 Å². The number of halogens is 1. The second-order valence-electron chi connectivity index (χ2n) is 6.53. The van der Waals surface area contributed by atoms with Crippen LogP contribution in [0.3, 0.4) is 0 Å². The van der Waals surface area contributed by atoms with Gasteiger partial charge in [0.2, 0.25) is 21.1 Å². The number of carbonyl (C=O) groups excluding carboxylic acids is 1. The molecule has 154 valence electrons. The number of amides is 1. The number of sulfonamides is 1. The highest BCUT2D eigenvalue weighted by molar-refractivity contribution is 8.01. The monoisotopic (exact) mass is 462 g/mol. The molecule has 0 saturated carbocycles. The van der Waals surface area contributed by atoms with Crippen molar-refractivity contribution in [3.8, 4) is 0 Å². The summed E-state index contributed by atoms with van der Waals surface area (Å²) in [6, 6.07) is 5.47. The zero-order valence-electron chi connectivity index (χ0n) is 16.0. The van der Waals surface area contributed by atoms with Gasteiger partial charge in [0.05, 0.1) is 11.9 Å². The maximum Gasteiger partial charge on any atom is 0.250 e. The first-order valence-electron chi connectivity index (χ1n) is 8.64. The summed E-state index contributed by atoms with van der Waals surface area (Å²) >= 11 is 8.85. The molecule has 2 rings (SSSR count). The third-order valence-electron chi connectivity index (χ3n) is 3.57. The molecule has 28 heavy (non-hydrogen) atoms. The number of anilines is 2. The molecular weight excluding hydrogens is 440 g/mol. The molecule has 0 radical (unpaired) electrons. The second-order valence-corrected chi connectivity index (χ2v) is 11.1. The van der Waals surface area contributed by atoms with Crippen LogP contribution in [-0.2, 0) is 14.8 Å². The van der Waals surface area contributed by atoms with Gasteiger partial charge in [-0.05, 0) is 30.5 Å². The Hall–Kier alpha value is -1.36. The molecular formula is C17H23ClN4O3S3. The number of aromatic nitrogens is 2. The Labute approximate surface area is 178 Å². The van der Waals surface area contributed by atoms with Crippen LogP contribution in [0, 0.1) is 5.92 Å². The Bertz CT molecular complexity index is 918. The van der Waals surface area contributed by atoms with Crippen LogP contribution in [0.15, 0.2) is 28.6 Å². The van der Waals surface area contributed by atoms with Crippen molar-refractivity contribution in [2.45, 2.75) is 37.6 Å². The standard InChI is InChI=1S/C17H23ClN4O3S3/c1-5-14(22(28(4,24)25)13-8-6-7-12(18)9-13)15(23)19-16-20-21-17(27-16)26-10-11(2)3/h6-9,11,14H,5,10H2,1-4H3,(H,19,20,23)/t14-/m0/s1. The summed E-state index contributed by atoms with van der Waals surface area (Å²) in [6.45, 7) is 5.97. The number of nitrogens with zero attached hydrogens (tertiary/aromatic N) is 3. The maximum absolute atomic E-state index is 12.8. The van der Waals surface area contributed by atoms with Crippen LogP contribution in [0.4, 0.5) is 10.8 Å². The molecule has 0 spiro atoms. The molecule has 1 atom stereocenters. The molecule has 0 aliphatic carbocycles. The van der Waals surface area contributed by atoms with Gasteiger partial charge in [0.1, 0.15) is 6.04 Å². The van der Waals surface area contributed by atoms with Gasteiger partial charge in [-0.25, -0.2) is 8.42 Å². The van der Waals surface area contributed by atoms with Crippen LogP contribution in [0.1, 0.15) is 27.2 Å². The third-order valence-corrected chi connectivity index (χ3v) is 7.38. The Kier molecular flexibility index (Phi) is 8.11. The summed E-state index contributed by atoms with van der Waals surface area (Å²) in [7, 11) is -3.72. The van der Waals surface area contributed by atoms with Crippen molar-refractivity contribution in [3.63, 3.8) is 0 Å². The van der Waals surface area contributed by atoms with Gasteiger partial charge in [-0.2, -0.15) is 0 Å². The number of hydrogen-bond donors (Lipinski definition) is 1. The molecule has 1 aromatic carbocycles. The minimum Gasteiger partial charge on any atom is -0.299 e. The van der Waals surface area contributed by atoms with E-state index in [1.54, 1.807) is 36.9 Å². The van der Waals surface area contributed by atoms with Crippen molar-refractivity contribution in [1.82, 2.24) is 10.2 Å². The first-order valence-corrected chi connectivity index (χ1v) is 12.7. The van der Waals surface area contributed by atoms with Crippen LogP contribution in [0.25, 0.3) is 0 Å². The van der Waals surface area contributed by atoms with E-state index in [1.165, 1.54) is 17.4 Å². The Morgan fingerprint density at radius 3 is 2.64 bits per heavy atom. The van der Waals surface area contributed by atoms with Crippen molar-refractivity contribution in [2.24, 2.45) is 5.92 Å². The molecule has 0 fully saturated rings. The lowest BCUT2D eigenvalue weighted by Gasteiger charge is -2.29. The summed E-state index contributed by atoms with van der Waals surface area (Å²) in [5.74, 6) is 0.943. The van der Waals surface area contributed by atoms with Gasteiger partial charge in [0.25, 0.3) is 0 Å². The zero-order valence-corrected chi connectivity index (χ0v) is 19.3. The first kappa shape index (κ1) is 22.9. The molecule has 0 unspecified atom stereocenters. The highest BCUT2D eigenvalue weighted by Crippen LogP contribution is 2.29. The molecule has 1 amide bonds. The van der Waals surface area contributed by atoms with Gasteiger partial charge < -0.3 is 0 Å². The molecule has 0 aliphatic rings. The Morgan fingerprint density at radius 2 is 2.07 bits per heavy atom. The topological polar surface area (TPSA) is 92.3 Å². The van der Waals surface area contributed by atoms with E-state index in [9.17, 15) is 13.2 Å². The molecule has 1 aromatic heterocycles. The van der Waals surface area contributed by atoms with Crippen LogP contribution < -0.4 is 9.62 Å². The molecule has 2 aromatic rings. The summed E-state index contributed by atoms with van der Waals surface area (Å²) in [4.78, 5) is 12.8. The summed E-state index contributed by atoms with van der Waals surface area (Å²) in [5, 5.41) is 11.5. The van der Waals surface area contributed by atoms with Gasteiger partial charge in [0.15, 0.2) is 4.34 Å².